The van der Waals surface area contributed by atoms with E-state index in [1.807, 2.05) is 18.2 Å². The fourth-order valence-electron chi connectivity index (χ4n) is 3.01. The molecule has 1 aromatic carbocycles. The second-order valence-corrected chi connectivity index (χ2v) is 5.60. The molecule has 1 aromatic heterocycles. The minimum Gasteiger partial charge on any atom is -0.496 e. The zero-order chi connectivity index (χ0) is 14.1. The van der Waals surface area contributed by atoms with Crippen LogP contribution in [0.25, 0.3) is 10.9 Å². The van der Waals surface area contributed by atoms with Crippen LogP contribution in [0.1, 0.15) is 37.3 Å². The Kier molecular flexibility index (Phi) is 3.68. The van der Waals surface area contributed by atoms with E-state index >= 15 is 0 Å². The molecular weight excluding hydrogens is 274 g/mol. The fourth-order valence-corrected chi connectivity index (χ4v) is 3.21. The Morgan fingerprint density at radius 3 is 2.75 bits per heavy atom. The number of halogens is 1. The van der Waals surface area contributed by atoms with Crippen LogP contribution in [0.15, 0.2) is 18.2 Å². The van der Waals surface area contributed by atoms with Gasteiger partial charge < -0.3 is 10.2 Å². The molecule has 3 N–H and O–H groups in total. The highest BCUT2D eigenvalue weighted by molar-refractivity contribution is 6.35. The normalized spacial score (nSPS) is 15.8. The summed E-state index contributed by atoms with van der Waals surface area (Å²) >= 11 is 6.31. The predicted octanol–water partition coefficient (Wildman–Crippen LogP) is 3.84. The summed E-state index contributed by atoms with van der Waals surface area (Å²) in [7, 11) is 1.63. The highest BCUT2D eigenvalue weighted by atomic mass is 35.5. The summed E-state index contributed by atoms with van der Waals surface area (Å²) in [5, 5.41) is 1.46. The minimum atomic E-state index is 0.508. The molecule has 4 nitrogen and oxygen atoms in total. The van der Waals surface area contributed by atoms with Gasteiger partial charge in [-0.05, 0) is 31.0 Å². The molecule has 0 atom stereocenters. The van der Waals surface area contributed by atoms with Gasteiger partial charge in [0.1, 0.15) is 5.75 Å². The number of nitrogens with one attached hydrogen (secondary N) is 1. The van der Waals surface area contributed by atoms with Crippen LogP contribution in [0, 0.1) is 0 Å². The number of hydrogen-bond acceptors (Lipinski definition) is 4. The van der Waals surface area contributed by atoms with Gasteiger partial charge in [0, 0.05) is 11.6 Å². The summed E-state index contributed by atoms with van der Waals surface area (Å²) in [6.45, 7) is 0. The Hall–Kier alpha value is -1.52. The highest BCUT2D eigenvalue weighted by Gasteiger charge is 2.21. The van der Waals surface area contributed by atoms with E-state index in [0.717, 1.165) is 28.0 Å². The summed E-state index contributed by atoms with van der Waals surface area (Å²) in [4.78, 5) is 4.77. The van der Waals surface area contributed by atoms with Crippen LogP contribution in [0.5, 0.6) is 5.75 Å². The lowest BCUT2D eigenvalue weighted by molar-refractivity contribution is 0.420. The Morgan fingerprint density at radius 1 is 1.35 bits per heavy atom. The average Bonchev–Trinajstić information content (AvgIpc) is 3.01. The molecule has 0 spiro atoms. The quantitative estimate of drug-likeness (QED) is 0.666. The molecule has 0 radical (unpaired) electrons. The van der Waals surface area contributed by atoms with Gasteiger partial charge in [-0.25, -0.2) is 0 Å². The molecule has 2 aromatic rings. The number of pyridine rings is 1. The molecule has 20 heavy (non-hydrogen) atoms. The van der Waals surface area contributed by atoms with Gasteiger partial charge in [0.25, 0.3) is 0 Å². The van der Waals surface area contributed by atoms with Gasteiger partial charge in [-0.3, -0.25) is 10.8 Å². The number of nitrogens with zero attached hydrogens (tertiary/aromatic N) is 1. The molecule has 1 heterocycles. The van der Waals surface area contributed by atoms with Gasteiger partial charge in [0.15, 0.2) is 0 Å². The van der Waals surface area contributed by atoms with Crippen LogP contribution in [0.2, 0.25) is 5.02 Å². The monoisotopic (exact) mass is 291 g/mol. The number of rotatable bonds is 3. The van der Waals surface area contributed by atoms with Crippen molar-refractivity contribution in [3.05, 3.63) is 28.9 Å². The number of benzene rings is 1. The van der Waals surface area contributed by atoms with E-state index in [1.165, 1.54) is 25.7 Å². The van der Waals surface area contributed by atoms with Gasteiger partial charge in [0.05, 0.1) is 28.7 Å². The van der Waals surface area contributed by atoms with E-state index in [-0.39, 0.29) is 0 Å². The van der Waals surface area contributed by atoms with E-state index in [9.17, 15) is 0 Å². The number of methoxy groups -OCH3 is 1. The smallest absolute Gasteiger partial charge is 0.130 e. The first kappa shape index (κ1) is 13.5. The standard InChI is InChI=1S/C15H18ClN3O/c1-20-13-7-6-10(16)15-14(13)12(19-17)8-11(18-15)9-4-2-3-5-9/h6-9H,2-5,17H2,1H3,(H,18,19). The van der Waals surface area contributed by atoms with Gasteiger partial charge in [-0.15, -0.1) is 0 Å². The van der Waals surface area contributed by atoms with Crippen molar-refractivity contribution in [1.82, 2.24) is 4.98 Å². The maximum absolute atomic E-state index is 6.31. The fraction of sp³-hybridized carbons (Fsp3) is 0.400. The molecular formula is C15H18ClN3O. The van der Waals surface area contributed by atoms with E-state index in [1.54, 1.807) is 7.11 Å². The second kappa shape index (κ2) is 5.46. The second-order valence-electron chi connectivity index (χ2n) is 5.19. The van der Waals surface area contributed by atoms with Crippen LogP contribution in [-0.4, -0.2) is 12.1 Å². The SMILES string of the molecule is COc1ccc(Cl)c2nc(C3CCCC3)cc(NN)c12. The maximum Gasteiger partial charge on any atom is 0.130 e. The summed E-state index contributed by atoms with van der Waals surface area (Å²) in [5.74, 6) is 6.91. The number of hydrogen-bond donors (Lipinski definition) is 2. The van der Waals surface area contributed by atoms with Crippen molar-refractivity contribution in [3.63, 3.8) is 0 Å². The van der Waals surface area contributed by atoms with Crippen LogP contribution in [0.3, 0.4) is 0 Å². The number of nitrogen functional groups attached to an aromatic ring is 1. The first-order valence-electron chi connectivity index (χ1n) is 6.88. The Bertz CT molecular complexity index is 639. The van der Waals surface area contributed by atoms with E-state index in [2.05, 4.69) is 5.43 Å². The lowest BCUT2D eigenvalue weighted by atomic mass is 10.0. The van der Waals surface area contributed by atoms with Gasteiger partial charge in [0.2, 0.25) is 0 Å². The number of nitrogens with two attached hydrogens (primary N) is 1. The van der Waals surface area contributed by atoms with Crippen molar-refractivity contribution in [2.24, 2.45) is 5.84 Å². The number of aromatic nitrogens is 1. The Labute approximate surface area is 123 Å². The van der Waals surface area contributed by atoms with E-state index in [4.69, 9.17) is 27.2 Å². The molecule has 1 saturated carbocycles. The lowest BCUT2D eigenvalue weighted by Gasteiger charge is -2.15. The topological polar surface area (TPSA) is 60.2 Å². The third-order valence-electron chi connectivity index (χ3n) is 4.04. The van der Waals surface area contributed by atoms with Gasteiger partial charge >= 0.3 is 0 Å². The molecule has 1 aliphatic rings. The average molecular weight is 292 g/mol. The zero-order valence-electron chi connectivity index (χ0n) is 11.4. The molecule has 0 unspecified atom stereocenters. The molecule has 1 aliphatic carbocycles. The third kappa shape index (κ3) is 2.19. The van der Waals surface area contributed by atoms with Crippen molar-refractivity contribution in [3.8, 4) is 5.75 Å². The molecule has 1 fully saturated rings. The predicted molar refractivity (Wildman–Crippen MR) is 82.3 cm³/mol. The number of fused-ring (bicyclic) bond motifs is 1. The first-order valence-corrected chi connectivity index (χ1v) is 7.26. The number of hydrazine groups is 1. The lowest BCUT2D eigenvalue weighted by Crippen LogP contribution is -2.10. The molecule has 0 aliphatic heterocycles. The van der Waals surface area contributed by atoms with Crippen molar-refractivity contribution in [1.29, 1.82) is 0 Å². The first-order chi connectivity index (χ1) is 9.74. The largest absolute Gasteiger partial charge is 0.496 e. The maximum atomic E-state index is 6.31. The van der Waals surface area contributed by atoms with E-state index < -0.39 is 0 Å². The van der Waals surface area contributed by atoms with Gasteiger partial charge in [-0.1, -0.05) is 24.4 Å². The van der Waals surface area contributed by atoms with Crippen LogP contribution in [-0.2, 0) is 0 Å². The number of anilines is 1. The highest BCUT2D eigenvalue weighted by Crippen LogP contribution is 2.40. The van der Waals surface area contributed by atoms with Crippen molar-refractivity contribution >= 4 is 28.2 Å². The molecule has 3 rings (SSSR count). The summed E-state index contributed by atoms with van der Waals surface area (Å²) < 4.78 is 5.40. The summed E-state index contributed by atoms with van der Waals surface area (Å²) in [5.41, 5.74) is 5.39. The molecule has 106 valence electrons. The molecule has 0 bridgehead atoms. The zero-order valence-corrected chi connectivity index (χ0v) is 12.2. The van der Waals surface area contributed by atoms with E-state index in [0.29, 0.717) is 10.9 Å². The minimum absolute atomic E-state index is 0.508. The molecule has 0 amide bonds. The number of ether oxygens (including phenoxy) is 1. The van der Waals surface area contributed by atoms with Crippen LogP contribution < -0.4 is 16.0 Å². The molecule has 0 saturated heterocycles. The van der Waals surface area contributed by atoms with Crippen molar-refractivity contribution in [2.45, 2.75) is 31.6 Å². The summed E-state index contributed by atoms with van der Waals surface area (Å²) in [6, 6.07) is 5.67. The van der Waals surface area contributed by atoms with Crippen molar-refractivity contribution in [2.75, 3.05) is 12.5 Å². The van der Waals surface area contributed by atoms with Crippen molar-refractivity contribution < 1.29 is 4.74 Å². The Balaban J connectivity index is 2.24. The van der Waals surface area contributed by atoms with Gasteiger partial charge in [-0.2, -0.15) is 0 Å². The van der Waals surface area contributed by atoms with Crippen LogP contribution in [0.4, 0.5) is 5.69 Å². The Morgan fingerprint density at radius 2 is 2.10 bits per heavy atom. The summed E-state index contributed by atoms with van der Waals surface area (Å²) in [6.07, 6.45) is 4.90. The third-order valence-corrected chi connectivity index (χ3v) is 4.35. The van der Waals surface area contributed by atoms with Crippen LogP contribution >= 0.6 is 11.6 Å². The molecule has 5 heteroatoms.